The van der Waals surface area contributed by atoms with Gasteiger partial charge in [0.1, 0.15) is 0 Å². The van der Waals surface area contributed by atoms with Gasteiger partial charge in [-0.15, -0.1) is 11.3 Å². The zero-order chi connectivity index (χ0) is 13.1. The van der Waals surface area contributed by atoms with Gasteiger partial charge in [-0.3, -0.25) is 0 Å². The minimum atomic E-state index is 0.177. The van der Waals surface area contributed by atoms with Crippen LogP contribution in [0, 0.1) is 6.92 Å². The van der Waals surface area contributed by atoms with Gasteiger partial charge in [0.15, 0.2) is 0 Å². The highest BCUT2D eigenvalue weighted by molar-refractivity contribution is 9.10. The maximum Gasteiger partial charge on any atom is 0.0897 e. The first-order chi connectivity index (χ1) is 8.60. The topological polar surface area (TPSA) is 24.9 Å². The van der Waals surface area contributed by atoms with E-state index in [1.54, 1.807) is 11.3 Å². The average molecular weight is 346 g/mol. The number of rotatable bonds is 4. The van der Waals surface area contributed by atoms with Crippen LogP contribution in [0.2, 0.25) is 5.02 Å². The molecule has 1 N–H and O–H groups in total. The zero-order valence-electron chi connectivity index (χ0n) is 10.2. The van der Waals surface area contributed by atoms with Crippen LogP contribution >= 0.6 is 38.9 Å². The van der Waals surface area contributed by atoms with Crippen LogP contribution in [0.4, 0.5) is 0 Å². The van der Waals surface area contributed by atoms with Crippen molar-refractivity contribution in [1.82, 2.24) is 10.3 Å². The SMILES string of the molecule is CNC(Cc1csc(C)n1)c1cc(Br)ccc1Cl. The molecule has 0 fully saturated rings. The number of aromatic nitrogens is 1. The summed E-state index contributed by atoms with van der Waals surface area (Å²) < 4.78 is 1.04. The lowest BCUT2D eigenvalue weighted by Crippen LogP contribution is -2.19. The van der Waals surface area contributed by atoms with Gasteiger partial charge in [-0.1, -0.05) is 27.5 Å². The van der Waals surface area contributed by atoms with Gasteiger partial charge in [0, 0.05) is 27.3 Å². The minimum Gasteiger partial charge on any atom is -0.313 e. The molecular weight excluding hydrogens is 332 g/mol. The molecule has 18 heavy (non-hydrogen) atoms. The second-order valence-corrected chi connectivity index (χ2v) is 6.45. The lowest BCUT2D eigenvalue weighted by Gasteiger charge is -2.17. The van der Waals surface area contributed by atoms with Crippen molar-refractivity contribution in [1.29, 1.82) is 0 Å². The number of aryl methyl sites for hydroxylation is 1. The molecule has 0 bridgehead atoms. The first-order valence-electron chi connectivity index (χ1n) is 5.63. The fourth-order valence-corrected chi connectivity index (χ4v) is 3.11. The quantitative estimate of drug-likeness (QED) is 0.890. The smallest absolute Gasteiger partial charge is 0.0897 e. The molecular formula is C13H14BrClN2S. The molecule has 0 saturated carbocycles. The van der Waals surface area contributed by atoms with Crippen LogP contribution in [0.25, 0.3) is 0 Å². The Morgan fingerprint density at radius 2 is 2.28 bits per heavy atom. The number of likely N-dealkylation sites (N-methyl/N-ethyl adjacent to an activating group) is 1. The summed E-state index contributed by atoms with van der Waals surface area (Å²) in [5.41, 5.74) is 2.20. The number of nitrogens with one attached hydrogen (secondary N) is 1. The van der Waals surface area contributed by atoms with E-state index < -0.39 is 0 Å². The van der Waals surface area contributed by atoms with Crippen molar-refractivity contribution in [2.24, 2.45) is 0 Å². The monoisotopic (exact) mass is 344 g/mol. The summed E-state index contributed by atoms with van der Waals surface area (Å²) in [5, 5.41) is 7.29. The molecule has 0 aliphatic heterocycles. The Morgan fingerprint density at radius 1 is 1.50 bits per heavy atom. The molecule has 1 unspecified atom stereocenters. The maximum atomic E-state index is 6.26. The molecule has 5 heteroatoms. The van der Waals surface area contributed by atoms with E-state index in [2.05, 4.69) is 37.7 Å². The summed E-state index contributed by atoms with van der Waals surface area (Å²) in [4.78, 5) is 4.50. The number of hydrogen-bond acceptors (Lipinski definition) is 3. The summed E-state index contributed by atoms with van der Waals surface area (Å²) in [6.07, 6.45) is 0.844. The van der Waals surface area contributed by atoms with Gasteiger partial charge in [-0.25, -0.2) is 4.98 Å². The normalized spacial score (nSPS) is 12.7. The molecule has 0 aliphatic carbocycles. The second-order valence-electron chi connectivity index (χ2n) is 4.07. The Balaban J connectivity index is 2.25. The first kappa shape index (κ1) is 14.0. The van der Waals surface area contributed by atoms with Crippen LogP contribution < -0.4 is 5.32 Å². The van der Waals surface area contributed by atoms with Gasteiger partial charge in [-0.2, -0.15) is 0 Å². The number of halogens is 2. The maximum absolute atomic E-state index is 6.26. The molecule has 1 aromatic heterocycles. The van der Waals surface area contributed by atoms with Crippen molar-refractivity contribution < 1.29 is 0 Å². The van der Waals surface area contributed by atoms with Gasteiger partial charge in [-0.05, 0) is 37.7 Å². The molecule has 2 rings (SSSR count). The third-order valence-electron chi connectivity index (χ3n) is 2.76. The number of benzene rings is 1. The van der Waals surface area contributed by atoms with Gasteiger partial charge >= 0.3 is 0 Å². The summed E-state index contributed by atoms with van der Waals surface area (Å²) in [7, 11) is 1.95. The summed E-state index contributed by atoms with van der Waals surface area (Å²) in [6, 6.07) is 6.10. The fourth-order valence-electron chi connectivity index (χ4n) is 1.86. The Kier molecular flexibility index (Phi) is 4.78. The minimum absolute atomic E-state index is 0.177. The molecule has 0 amide bonds. The Bertz CT molecular complexity index is 542. The van der Waals surface area contributed by atoms with E-state index in [-0.39, 0.29) is 6.04 Å². The van der Waals surface area contributed by atoms with Crippen LogP contribution in [-0.2, 0) is 6.42 Å². The third kappa shape index (κ3) is 3.32. The molecule has 1 aromatic carbocycles. The average Bonchev–Trinajstić information content (AvgIpc) is 2.75. The lowest BCUT2D eigenvalue weighted by atomic mass is 10.0. The van der Waals surface area contributed by atoms with Gasteiger partial charge in [0.2, 0.25) is 0 Å². The molecule has 2 nitrogen and oxygen atoms in total. The highest BCUT2D eigenvalue weighted by Crippen LogP contribution is 2.28. The summed E-state index contributed by atoms with van der Waals surface area (Å²) in [5.74, 6) is 0. The predicted octanol–water partition coefficient (Wildman–Crippen LogP) is 4.37. The van der Waals surface area contributed by atoms with E-state index in [0.717, 1.165) is 32.2 Å². The molecule has 2 aromatic rings. The zero-order valence-corrected chi connectivity index (χ0v) is 13.4. The largest absolute Gasteiger partial charge is 0.313 e. The Morgan fingerprint density at radius 3 is 2.89 bits per heavy atom. The van der Waals surface area contributed by atoms with E-state index in [0.29, 0.717) is 0 Å². The van der Waals surface area contributed by atoms with Crippen molar-refractivity contribution in [2.45, 2.75) is 19.4 Å². The van der Waals surface area contributed by atoms with Crippen molar-refractivity contribution in [3.63, 3.8) is 0 Å². The number of hydrogen-bond donors (Lipinski definition) is 1. The van der Waals surface area contributed by atoms with E-state index >= 15 is 0 Å². The van der Waals surface area contributed by atoms with Crippen molar-refractivity contribution in [3.8, 4) is 0 Å². The molecule has 0 radical (unpaired) electrons. The van der Waals surface area contributed by atoms with E-state index in [4.69, 9.17) is 11.6 Å². The standard InChI is InChI=1S/C13H14BrClN2S/c1-8-17-10(7-18-8)6-13(16-2)11-5-9(14)3-4-12(11)15/h3-5,7,13,16H,6H2,1-2H3. The highest BCUT2D eigenvalue weighted by Gasteiger charge is 2.15. The first-order valence-corrected chi connectivity index (χ1v) is 7.68. The van der Waals surface area contributed by atoms with Crippen LogP contribution in [0.5, 0.6) is 0 Å². The number of thiazole rings is 1. The molecule has 0 aliphatic rings. The highest BCUT2D eigenvalue weighted by atomic mass is 79.9. The van der Waals surface area contributed by atoms with E-state index in [9.17, 15) is 0 Å². The summed E-state index contributed by atoms with van der Waals surface area (Å²) >= 11 is 11.4. The van der Waals surface area contributed by atoms with E-state index in [1.165, 1.54) is 0 Å². The molecule has 0 saturated heterocycles. The van der Waals surface area contributed by atoms with Gasteiger partial charge in [0.25, 0.3) is 0 Å². The Hall–Kier alpha value is -0.420. The van der Waals surface area contributed by atoms with Crippen LogP contribution in [-0.4, -0.2) is 12.0 Å². The molecule has 1 atom stereocenters. The van der Waals surface area contributed by atoms with Gasteiger partial charge in [0.05, 0.1) is 10.7 Å². The molecule has 96 valence electrons. The predicted molar refractivity (Wildman–Crippen MR) is 81.5 cm³/mol. The molecule has 0 spiro atoms. The van der Waals surface area contributed by atoms with Crippen molar-refractivity contribution in [3.05, 3.63) is 49.3 Å². The van der Waals surface area contributed by atoms with Crippen molar-refractivity contribution >= 4 is 38.9 Å². The van der Waals surface area contributed by atoms with Crippen molar-refractivity contribution in [2.75, 3.05) is 7.05 Å². The van der Waals surface area contributed by atoms with Crippen LogP contribution in [0.3, 0.4) is 0 Å². The van der Waals surface area contributed by atoms with Crippen LogP contribution in [0.15, 0.2) is 28.1 Å². The number of nitrogens with zero attached hydrogens (tertiary/aromatic N) is 1. The van der Waals surface area contributed by atoms with Crippen LogP contribution in [0.1, 0.15) is 22.3 Å². The summed E-state index contributed by atoms with van der Waals surface area (Å²) in [6.45, 7) is 2.02. The lowest BCUT2D eigenvalue weighted by molar-refractivity contribution is 0.585. The third-order valence-corrected chi connectivity index (χ3v) is 4.42. The van der Waals surface area contributed by atoms with E-state index in [1.807, 2.05) is 26.1 Å². The second kappa shape index (κ2) is 6.15. The molecule has 1 heterocycles. The Labute approximate surface area is 125 Å². The fraction of sp³-hybridized carbons (Fsp3) is 0.308. The van der Waals surface area contributed by atoms with Gasteiger partial charge < -0.3 is 5.32 Å².